The summed E-state index contributed by atoms with van der Waals surface area (Å²) in [5.41, 5.74) is -4.88. The average Bonchev–Trinajstić information content (AvgIpc) is 3.00. The Morgan fingerprint density at radius 1 is 1.05 bits per heavy atom. The molecule has 2 saturated carbocycles. The molecular weight excluding hydrogens is 492 g/mol. The van der Waals surface area contributed by atoms with Gasteiger partial charge >= 0.3 is 11.9 Å². The van der Waals surface area contributed by atoms with Gasteiger partial charge in [-0.1, -0.05) is 36.9 Å². The molecule has 38 heavy (non-hydrogen) atoms. The first kappa shape index (κ1) is 28.5. The van der Waals surface area contributed by atoms with Crippen LogP contribution < -0.4 is 0 Å². The van der Waals surface area contributed by atoms with Crippen molar-refractivity contribution in [3.63, 3.8) is 0 Å². The monoisotopic (exact) mass is 532 g/mol. The highest BCUT2D eigenvalue weighted by Gasteiger charge is 2.86. The summed E-state index contributed by atoms with van der Waals surface area (Å²) in [6.45, 7) is 13.3. The van der Waals surface area contributed by atoms with Crippen molar-refractivity contribution in [1.82, 2.24) is 0 Å². The molecule has 8 unspecified atom stereocenters. The van der Waals surface area contributed by atoms with E-state index in [4.69, 9.17) is 23.7 Å². The maximum absolute atomic E-state index is 12.5. The number of carbonyl (C=O) groups excluding carboxylic acids is 2. The van der Waals surface area contributed by atoms with Crippen LogP contribution in [0, 0.1) is 11.3 Å². The van der Waals surface area contributed by atoms with E-state index in [1.54, 1.807) is 13.8 Å². The zero-order valence-corrected chi connectivity index (χ0v) is 23.1. The van der Waals surface area contributed by atoms with Gasteiger partial charge in [0.05, 0.1) is 41.0 Å². The Bertz CT molecular complexity index is 1070. The molecule has 2 bridgehead atoms. The smallest absolute Gasteiger partial charge is 0.303 e. The molecule has 3 aliphatic rings. The fraction of sp³-hybridized carbons (Fsp3) is 0.655. The standard InChI is InChI=1S/C29H40O9/c1-17(2)36-24-22-23(37-19(4)31)25(34-15-20-11-9-8-10-12-20)28(16-35-18(3)30)21(32)13-14-27(7,33)29(24,28)38-26(22,5)6/h8-12,21-25,32-33H,1,13-16H2,2-7H3. The molecule has 0 aromatic heterocycles. The van der Waals surface area contributed by atoms with Gasteiger partial charge in [-0.15, -0.1) is 0 Å². The Morgan fingerprint density at radius 2 is 1.71 bits per heavy atom. The van der Waals surface area contributed by atoms with E-state index in [-0.39, 0.29) is 26.1 Å². The van der Waals surface area contributed by atoms with Crippen molar-refractivity contribution >= 4 is 11.9 Å². The molecule has 210 valence electrons. The predicted octanol–water partition coefficient (Wildman–Crippen LogP) is 3.05. The van der Waals surface area contributed by atoms with Crippen LogP contribution in [-0.4, -0.2) is 70.0 Å². The first-order chi connectivity index (χ1) is 17.7. The zero-order chi connectivity index (χ0) is 28.1. The van der Waals surface area contributed by atoms with Crippen LogP contribution in [0.25, 0.3) is 0 Å². The second-order valence-electron chi connectivity index (χ2n) is 11.6. The third-order valence-electron chi connectivity index (χ3n) is 8.52. The largest absolute Gasteiger partial charge is 0.492 e. The highest BCUT2D eigenvalue weighted by Crippen LogP contribution is 2.69. The second-order valence-corrected chi connectivity index (χ2v) is 11.6. The second kappa shape index (κ2) is 9.93. The van der Waals surface area contributed by atoms with Gasteiger partial charge in [-0.05, 0) is 46.1 Å². The van der Waals surface area contributed by atoms with Crippen molar-refractivity contribution in [3.05, 3.63) is 48.2 Å². The number of hydrogen-bond donors (Lipinski definition) is 2. The molecular formula is C29H40O9. The van der Waals surface area contributed by atoms with Crippen LogP contribution in [0.4, 0.5) is 0 Å². The summed E-state index contributed by atoms with van der Waals surface area (Å²) in [6.07, 6.45) is -3.70. The molecule has 1 spiro atoms. The fourth-order valence-corrected chi connectivity index (χ4v) is 7.21. The first-order valence-corrected chi connectivity index (χ1v) is 13.1. The molecule has 0 amide bonds. The lowest BCUT2D eigenvalue weighted by molar-refractivity contribution is -0.355. The first-order valence-electron chi connectivity index (χ1n) is 13.1. The third-order valence-corrected chi connectivity index (χ3v) is 8.52. The van der Waals surface area contributed by atoms with Crippen molar-refractivity contribution in [1.29, 1.82) is 0 Å². The van der Waals surface area contributed by atoms with Gasteiger partial charge in [0, 0.05) is 13.8 Å². The van der Waals surface area contributed by atoms with Crippen LogP contribution >= 0.6 is 0 Å². The number of esters is 2. The van der Waals surface area contributed by atoms with Crippen LogP contribution in [0.2, 0.25) is 0 Å². The summed E-state index contributed by atoms with van der Waals surface area (Å²) in [7, 11) is 0. The van der Waals surface area contributed by atoms with E-state index >= 15 is 0 Å². The summed E-state index contributed by atoms with van der Waals surface area (Å²) < 4.78 is 31.4. The Kier molecular flexibility index (Phi) is 7.46. The fourth-order valence-electron chi connectivity index (χ4n) is 7.21. The molecule has 4 rings (SSSR count). The molecule has 1 saturated heterocycles. The molecule has 9 heteroatoms. The highest BCUT2D eigenvalue weighted by molar-refractivity contribution is 5.67. The summed E-state index contributed by atoms with van der Waals surface area (Å²) in [4.78, 5) is 24.7. The van der Waals surface area contributed by atoms with Gasteiger partial charge in [-0.2, -0.15) is 0 Å². The van der Waals surface area contributed by atoms with Crippen molar-refractivity contribution in [2.24, 2.45) is 11.3 Å². The number of aliphatic hydroxyl groups is 2. The zero-order valence-electron chi connectivity index (χ0n) is 23.1. The van der Waals surface area contributed by atoms with E-state index in [1.165, 1.54) is 13.8 Å². The Balaban J connectivity index is 2.00. The molecule has 1 aromatic carbocycles. The number of fused-ring (bicyclic) bond motifs is 1. The summed E-state index contributed by atoms with van der Waals surface area (Å²) in [6, 6.07) is 9.45. The van der Waals surface area contributed by atoms with E-state index in [2.05, 4.69) is 6.58 Å². The van der Waals surface area contributed by atoms with Gasteiger partial charge in [0.25, 0.3) is 0 Å². The lowest BCUT2D eigenvalue weighted by Crippen LogP contribution is -2.83. The molecule has 1 heterocycles. The number of aliphatic hydroxyl groups excluding tert-OH is 1. The van der Waals surface area contributed by atoms with Crippen LogP contribution in [-0.2, 0) is 39.9 Å². The minimum Gasteiger partial charge on any atom is -0.492 e. The number of carbonyl (C=O) groups is 2. The average molecular weight is 533 g/mol. The maximum atomic E-state index is 12.5. The van der Waals surface area contributed by atoms with Crippen molar-refractivity contribution in [2.45, 2.75) is 102 Å². The van der Waals surface area contributed by atoms with E-state index in [0.29, 0.717) is 5.76 Å². The molecule has 3 fully saturated rings. The lowest BCUT2D eigenvalue weighted by Gasteiger charge is -2.65. The third kappa shape index (κ3) is 4.33. The van der Waals surface area contributed by atoms with Gasteiger partial charge in [-0.3, -0.25) is 9.59 Å². The molecule has 2 aliphatic carbocycles. The predicted molar refractivity (Wildman–Crippen MR) is 137 cm³/mol. The number of ether oxygens (including phenoxy) is 5. The van der Waals surface area contributed by atoms with Crippen LogP contribution in [0.15, 0.2) is 42.7 Å². The summed E-state index contributed by atoms with van der Waals surface area (Å²) in [5, 5.41) is 24.0. The maximum Gasteiger partial charge on any atom is 0.303 e. The number of hydrogen-bond acceptors (Lipinski definition) is 9. The van der Waals surface area contributed by atoms with Crippen LogP contribution in [0.3, 0.4) is 0 Å². The van der Waals surface area contributed by atoms with Crippen molar-refractivity contribution < 1.29 is 43.5 Å². The van der Waals surface area contributed by atoms with E-state index in [0.717, 1.165) is 5.56 Å². The molecule has 1 aromatic rings. The molecule has 1 aliphatic heterocycles. The van der Waals surface area contributed by atoms with Crippen LogP contribution in [0.5, 0.6) is 0 Å². The number of benzene rings is 1. The number of rotatable bonds is 8. The Morgan fingerprint density at radius 3 is 2.29 bits per heavy atom. The van der Waals surface area contributed by atoms with Gasteiger partial charge in [0.2, 0.25) is 0 Å². The minimum absolute atomic E-state index is 0.120. The number of allylic oxidation sites excluding steroid dienone is 1. The van der Waals surface area contributed by atoms with Gasteiger partial charge in [-0.25, -0.2) is 0 Å². The topological polar surface area (TPSA) is 121 Å². The molecule has 0 radical (unpaired) electrons. The summed E-state index contributed by atoms with van der Waals surface area (Å²) in [5.74, 6) is -1.38. The van der Waals surface area contributed by atoms with E-state index < -0.39 is 64.5 Å². The quantitative estimate of drug-likeness (QED) is 0.384. The molecule has 8 atom stereocenters. The van der Waals surface area contributed by atoms with Crippen LogP contribution in [0.1, 0.15) is 59.9 Å². The Labute approximate surface area is 224 Å². The van der Waals surface area contributed by atoms with Gasteiger partial charge < -0.3 is 33.9 Å². The van der Waals surface area contributed by atoms with Gasteiger partial charge in [0.15, 0.2) is 0 Å². The molecule has 2 N–H and O–H groups in total. The highest BCUT2D eigenvalue weighted by atomic mass is 16.6. The summed E-state index contributed by atoms with van der Waals surface area (Å²) >= 11 is 0. The van der Waals surface area contributed by atoms with Crippen molar-refractivity contribution in [2.75, 3.05) is 6.61 Å². The normalized spacial score (nSPS) is 39.1. The SMILES string of the molecule is C=C(C)OC1C2C(OC(C)=O)C(OCc3ccccc3)C3(COC(C)=O)C(O)CCC(C)(O)C13OC2(C)C. The van der Waals surface area contributed by atoms with E-state index in [9.17, 15) is 19.8 Å². The van der Waals surface area contributed by atoms with Crippen molar-refractivity contribution in [3.8, 4) is 0 Å². The minimum atomic E-state index is -1.61. The lowest BCUT2D eigenvalue weighted by atomic mass is 9.46. The van der Waals surface area contributed by atoms with Gasteiger partial charge in [0.1, 0.15) is 30.5 Å². The Hall–Kier alpha value is -2.46. The molecule has 9 nitrogen and oxygen atoms in total. The van der Waals surface area contributed by atoms with E-state index in [1.807, 2.05) is 44.2 Å².